The summed E-state index contributed by atoms with van der Waals surface area (Å²) in [7, 11) is 1.55. The van der Waals surface area contributed by atoms with Gasteiger partial charge in [0.1, 0.15) is 11.9 Å². The van der Waals surface area contributed by atoms with E-state index >= 15 is 0 Å². The van der Waals surface area contributed by atoms with Gasteiger partial charge in [0.05, 0.1) is 18.5 Å². The van der Waals surface area contributed by atoms with Crippen LogP contribution in [-0.4, -0.2) is 23.7 Å². The molecule has 2 N–H and O–H groups in total. The molecule has 1 unspecified atom stereocenters. The van der Waals surface area contributed by atoms with Gasteiger partial charge in [0.25, 0.3) is 0 Å². The van der Waals surface area contributed by atoms with E-state index in [4.69, 9.17) is 4.74 Å². The molecule has 0 spiro atoms. The lowest BCUT2D eigenvalue weighted by atomic mass is 10.2. The van der Waals surface area contributed by atoms with E-state index in [0.717, 1.165) is 10.1 Å². The topological polar surface area (TPSA) is 56.2 Å². The average molecular weight is 196 g/mol. The first-order valence-electron chi connectivity index (χ1n) is 4.29. The number of fused-ring (bicyclic) bond motifs is 1. The Bertz CT molecular complexity index is 356. The Hall–Kier alpha value is -1.46. The maximum atomic E-state index is 9.62. The number of hydrogen-bond acceptors (Lipinski definition) is 5. The highest BCUT2D eigenvalue weighted by molar-refractivity contribution is 5.76. The quantitative estimate of drug-likeness (QED) is 0.711. The summed E-state index contributed by atoms with van der Waals surface area (Å²) in [6.07, 6.45) is -0.475. The fourth-order valence-electron chi connectivity index (χ4n) is 1.51. The second kappa shape index (κ2) is 3.04. The molecule has 0 amide bonds. The largest absolute Gasteiger partial charge is 0.497 e. The third-order valence-corrected chi connectivity index (χ3v) is 2.38. The van der Waals surface area contributed by atoms with E-state index in [2.05, 4.69) is 0 Å². The minimum atomic E-state index is -0.475. The maximum absolute atomic E-state index is 9.62. The van der Waals surface area contributed by atoms with E-state index in [1.165, 1.54) is 0 Å². The van der Waals surface area contributed by atoms with Crippen LogP contribution < -0.4 is 14.9 Å². The zero-order valence-electron chi connectivity index (χ0n) is 8.01. The van der Waals surface area contributed by atoms with Gasteiger partial charge in [0.15, 0.2) is 0 Å². The molecule has 5 nitrogen and oxygen atoms in total. The summed E-state index contributed by atoms with van der Waals surface area (Å²) < 4.78 is 5.02. The standard InChI is InChI=1S/C9H12N2O3/c1-6-10(12)8-4-3-7(14-2)5-9(8)11(6)13/h3-6,12-13H,1-2H3. The molecule has 5 heteroatoms. The minimum Gasteiger partial charge on any atom is -0.497 e. The summed E-state index contributed by atoms with van der Waals surface area (Å²) >= 11 is 0. The molecular formula is C9H12N2O3. The zero-order valence-corrected chi connectivity index (χ0v) is 8.01. The van der Waals surface area contributed by atoms with Crippen LogP contribution in [0.4, 0.5) is 11.4 Å². The summed E-state index contributed by atoms with van der Waals surface area (Å²) in [6, 6.07) is 5.09. The van der Waals surface area contributed by atoms with Gasteiger partial charge in [0, 0.05) is 6.07 Å². The van der Waals surface area contributed by atoms with Crippen LogP contribution in [0, 0.1) is 0 Å². The fourth-order valence-corrected chi connectivity index (χ4v) is 1.51. The number of hydrogen-bond donors (Lipinski definition) is 2. The number of benzene rings is 1. The van der Waals surface area contributed by atoms with Gasteiger partial charge >= 0.3 is 0 Å². The molecule has 0 fully saturated rings. The first-order chi connectivity index (χ1) is 6.65. The van der Waals surface area contributed by atoms with Crippen molar-refractivity contribution in [3.05, 3.63) is 18.2 Å². The molecule has 0 aliphatic carbocycles. The summed E-state index contributed by atoms with van der Waals surface area (Å²) in [5.41, 5.74) is 1.11. The SMILES string of the molecule is COc1ccc2c(c1)N(O)C(C)N2O. The molecule has 1 aliphatic rings. The molecule has 1 heterocycles. The van der Waals surface area contributed by atoms with Crippen molar-refractivity contribution < 1.29 is 15.2 Å². The van der Waals surface area contributed by atoms with Gasteiger partial charge in [-0.1, -0.05) is 0 Å². The number of ether oxygens (including phenoxy) is 1. The van der Waals surface area contributed by atoms with Crippen LogP contribution in [0.1, 0.15) is 6.92 Å². The summed E-state index contributed by atoms with van der Waals surface area (Å²) in [5.74, 6) is 0.644. The Labute approximate surface area is 81.7 Å². The third-order valence-electron chi connectivity index (χ3n) is 2.38. The Morgan fingerprint density at radius 3 is 2.50 bits per heavy atom. The predicted octanol–water partition coefficient (Wildman–Crippen LogP) is 1.45. The fraction of sp³-hybridized carbons (Fsp3) is 0.333. The van der Waals surface area contributed by atoms with E-state index in [0.29, 0.717) is 17.1 Å². The highest BCUT2D eigenvalue weighted by atomic mass is 16.6. The van der Waals surface area contributed by atoms with Crippen molar-refractivity contribution in [1.29, 1.82) is 0 Å². The van der Waals surface area contributed by atoms with Crippen molar-refractivity contribution in [3.8, 4) is 5.75 Å². The number of hydroxylamine groups is 2. The first-order valence-corrected chi connectivity index (χ1v) is 4.29. The molecule has 0 radical (unpaired) electrons. The van der Waals surface area contributed by atoms with Crippen molar-refractivity contribution in [1.82, 2.24) is 0 Å². The summed E-state index contributed by atoms with van der Waals surface area (Å²) in [6.45, 7) is 1.69. The van der Waals surface area contributed by atoms with Gasteiger partial charge < -0.3 is 4.74 Å². The van der Waals surface area contributed by atoms with Gasteiger partial charge in [-0.15, -0.1) is 0 Å². The summed E-state index contributed by atoms with van der Waals surface area (Å²) in [4.78, 5) is 0. The molecular weight excluding hydrogens is 184 g/mol. The maximum Gasteiger partial charge on any atom is 0.149 e. The van der Waals surface area contributed by atoms with Crippen molar-refractivity contribution in [3.63, 3.8) is 0 Å². The first kappa shape index (κ1) is 9.11. The van der Waals surface area contributed by atoms with Crippen LogP contribution in [-0.2, 0) is 0 Å². The molecule has 76 valence electrons. The molecule has 1 aromatic rings. The summed E-state index contributed by atoms with van der Waals surface area (Å²) in [5, 5.41) is 21.2. The van der Waals surface area contributed by atoms with Crippen LogP contribution in [0.2, 0.25) is 0 Å². The average Bonchev–Trinajstić information content (AvgIpc) is 2.44. The van der Waals surface area contributed by atoms with E-state index in [1.807, 2.05) is 0 Å². The normalized spacial score (nSPS) is 19.9. The molecule has 14 heavy (non-hydrogen) atoms. The molecule has 0 aromatic heterocycles. The van der Waals surface area contributed by atoms with Gasteiger partial charge in [0.2, 0.25) is 0 Å². The minimum absolute atomic E-state index is 0.475. The number of methoxy groups -OCH3 is 1. The third kappa shape index (κ3) is 1.10. The van der Waals surface area contributed by atoms with Gasteiger partial charge in [-0.05, 0) is 19.1 Å². The lowest BCUT2D eigenvalue weighted by molar-refractivity contribution is 0.160. The molecule has 1 aliphatic heterocycles. The van der Waals surface area contributed by atoms with Gasteiger partial charge in [-0.2, -0.15) is 0 Å². The van der Waals surface area contributed by atoms with E-state index < -0.39 is 6.17 Å². The molecule has 1 aromatic carbocycles. The Kier molecular flexibility index (Phi) is 1.98. The van der Waals surface area contributed by atoms with Crippen LogP contribution in [0.3, 0.4) is 0 Å². The molecule has 0 saturated heterocycles. The van der Waals surface area contributed by atoms with Crippen LogP contribution in [0.25, 0.3) is 0 Å². The number of rotatable bonds is 1. The lowest BCUT2D eigenvalue weighted by Gasteiger charge is -2.19. The van der Waals surface area contributed by atoms with E-state index in [1.54, 1.807) is 32.2 Å². The van der Waals surface area contributed by atoms with E-state index in [9.17, 15) is 10.4 Å². The number of anilines is 2. The molecule has 1 atom stereocenters. The Morgan fingerprint density at radius 2 is 1.86 bits per heavy atom. The lowest BCUT2D eigenvalue weighted by Crippen LogP contribution is -2.36. The van der Waals surface area contributed by atoms with E-state index in [-0.39, 0.29) is 0 Å². The zero-order chi connectivity index (χ0) is 10.3. The Morgan fingerprint density at radius 1 is 1.21 bits per heavy atom. The molecule has 0 bridgehead atoms. The second-order valence-corrected chi connectivity index (χ2v) is 3.18. The molecule has 2 rings (SSSR count). The van der Waals surface area contributed by atoms with Crippen molar-refractivity contribution in [2.75, 3.05) is 17.2 Å². The highest BCUT2D eigenvalue weighted by Crippen LogP contribution is 2.39. The predicted molar refractivity (Wildman–Crippen MR) is 51.0 cm³/mol. The van der Waals surface area contributed by atoms with Gasteiger partial charge in [-0.3, -0.25) is 10.4 Å². The highest BCUT2D eigenvalue weighted by Gasteiger charge is 2.31. The van der Waals surface area contributed by atoms with Gasteiger partial charge in [-0.25, -0.2) is 10.1 Å². The van der Waals surface area contributed by atoms with Crippen molar-refractivity contribution in [2.45, 2.75) is 13.1 Å². The smallest absolute Gasteiger partial charge is 0.149 e. The monoisotopic (exact) mass is 196 g/mol. The van der Waals surface area contributed by atoms with Crippen molar-refractivity contribution >= 4 is 11.4 Å². The van der Waals surface area contributed by atoms with Crippen LogP contribution in [0.15, 0.2) is 18.2 Å². The van der Waals surface area contributed by atoms with Crippen LogP contribution in [0.5, 0.6) is 5.75 Å². The Balaban J connectivity index is 2.48. The number of nitrogens with zero attached hydrogens (tertiary/aromatic N) is 2. The second-order valence-electron chi connectivity index (χ2n) is 3.18. The molecule has 0 saturated carbocycles. The van der Waals surface area contributed by atoms with Crippen LogP contribution >= 0.6 is 0 Å². The van der Waals surface area contributed by atoms with Crippen molar-refractivity contribution in [2.24, 2.45) is 0 Å².